The van der Waals surface area contributed by atoms with Crippen LogP contribution in [-0.2, 0) is 0 Å². The van der Waals surface area contributed by atoms with Crippen molar-refractivity contribution < 1.29 is 4.74 Å². The van der Waals surface area contributed by atoms with E-state index in [9.17, 15) is 0 Å². The van der Waals surface area contributed by atoms with Crippen molar-refractivity contribution in [2.75, 3.05) is 7.11 Å². The van der Waals surface area contributed by atoms with E-state index in [1.165, 1.54) is 6.20 Å². The quantitative estimate of drug-likeness (QED) is 0.752. The minimum atomic E-state index is 0.285. The molecule has 5 heteroatoms. The van der Waals surface area contributed by atoms with Gasteiger partial charge >= 0.3 is 0 Å². The van der Waals surface area contributed by atoms with Crippen LogP contribution in [0.25, 0.3) is 11.3 Å². The van der Waals surface area contributed by atoms with Gasteiger partial charge in [-0.3, -0.25) is 4.98 Å². The molecule has 0 unspecified atom stereocenters. The monoisotopic (exact) mass is 212 g/mol. The maximum Gasteiger partial charge on any atom is 0.212 e. The Morgan fingerprint density at radius 3 is 2.75 bits per heavy atom. The summed E-state index contributed by atoms with van der Waals surface area (Å²) in [6.07, 6.45) is 4.63. The van der Waals surface area contributed by atoms with E-state index in [0.717, 1.165) is 5.56 Å². The van der Waals surface area contributed by atoms with Crippen LogP contribution < -0.4 is 4.74 Å². The number of rotatable bonds is 2. The molecule has 0 amide bonds. The molecule has 2 rings (SSSR count). The molecule has 0 radical (unpaired) electrons. The first-order valence-electron chi connectivity index (χ1n) is 4.56. The molecule has 2 aromatic heterocycles. The number of nitrogens with zero attached hydrogens (tertiary/aromatic N) is 4. The van der Waals surface area contributed by atoms with Crippen molar-refractivity contribution >= 4 is 0 Å². The topological polar surface area (TPSA) is 71.7 Å². The van der Waals surface area contributed by atoms with Gasteiger partial charge in [-0.25, -0.2) is 9.97 Å². The van der Waals surface area contributed by atoms with Crippen LogP contribution >= 0.6 is 0 Å². The standard InChI is InChI=1S/C11H8N4O/c1-16-11-3-2-8(5-14-11)10-7-13-6-9(4-12)15-10/h2-3,5-7H,1H3. The second-order valence-electron chi connectivity index (χ2n) is 2.99. The minimum absolute atomic E-state index is 0.285. The SMILES string of the molecule is COc1ccc(-c2cncc(C#N)n2)cn1. The molecule has 0 aromatic carbocycles. The Hall–Kier alpha value is -2.48. The third kappa shape index (κ3) is 1.96. The second kappa shape index (κ2) is 4.36. The number of aromatic nitrogens is 3. The number of nitriles is 1. The Morgan fingerprint density at radius 2 is 2.12 bits per heavy atom. The molecule has 0 aliphatic heterocycles. The van der Waals surface area contributed by atoms with Crippen LogP contribution in [0, 0.1) is 11.3 Å². The summed E-state index contributed by atoms with van der Waals surface area (Å²) in [7, 11) is 1.55. The lowest BCUT2D eigenvalue weighted by Crippen LogP contribution is -1.91. The third-order valence-corrected chi connectivity index (χ3v) is 1.99. The first-order chi connectivity index (χ1) is 7.83. The molecule has 2 aromatic rings. The number of methoxy groups -OCH3 is 1. The van der Waals surface area contributed by atoms with Gasteiger partial charge in [0.2, 0.25) is 5.88 Å². The van der Waals surface area contributed by atoms with Gasteiger partial charge in [0.1, 0.15) is 6.07 Å². The maximum atomic E-state index is 8.70. The van der Waals surface area contributed by atoms with Gasteiger partial charge in [0, 0.05) is 17.8 Å². The Labute approximate surface area is 92.4 Å². The fourth-order valence-electron chi connectivity index (χ4n) is 1.21. The van der Waals surface area contributed by atoms with E-state index >= 15 is 0 Å². The van der Waals surface area contributed by atoms with Crippen LogP contribution in [0.5, 0.6) is 5.88 Å². The molecule has 0 saturated carbocycles. The van der Waals surface area contributed by atoms with Crippen molar-refractivity contribution in [1.29, 1.82) is 5.26 Å². The molecule has 2 heterocycles. The third-order valence-electron chi connectivity index (χ3n) is 1.99. The lowest BCUT2D eigenvalue weighted by Gasteiger charge is -2.01. The molecule has 78 valence electrons. The van der Waals surface area contributed by atoms with E-state index < -0.39 is 0 Å². The van der Waals surface area contributed by atoms with Crippen molar-refractivity contribution in [1.82, 2.24) is 15.0 Å². The van der Waals surface area contributed by atoms with Crippen LogP contribution in [-0.4, -0.2) is 22.1 Å². The van der Waals surface area contributed by atoms with Gasteiger partial charge in [0.25, 0.3) is 0 Å². The van der Waals surface area contributed by atoms with Crippen LogP contribution in [0.2, 0.25) is 0 Å². The van der Waals surface area contributed by atoms with E-state index in [2.05, 4.69) is 15.0 Å². The van der Waals surface area contributed by atoms with Gasteiger partial charge < -0.3 is 4.74 Å². The summed E-state index contributed by atoms with van der Waals surface area (Å²) in [6.45, 7) is 0. The van der Waals surface area contributed by atoms with Crippen LogP contribution in [0.3, 0.4) is 0 Å². The zero-order valence-corrected chi connectivity index (χ0v) is 8.58. The Bertz CT molecular complexity index is 530. The summed E-state index contributed by atoms with van der Waals surface area (Å²) in [5.41, 5.74) is 1.70. The normalized spacial score (nSPS) is 9.50. The number of ether oxygens (including phenoxy) is 1. The van der Waals surface area contributed by atoms with Crippen molar-refractivity contribution in [2.45, 2.75) is 0 Å². The Morgan fingerprint density at radius 1 is 1.25 bits per heavy atom. The van der Waals surface area contributed by atoms with E-state index in [4.69, 9.17) is 10.00 Å². The molecule has 0 bridgehead atoms. The molecular formula is C11H8N4O. The Balaban J connectivity index is 2.39. The number of hydrogen-bond acceptors (Lipinski definition) is 5. The smallest absolute Gasteiger partial charge is 0.212 e. The van der Waals surface area contributed by atoms with Gasteiger partial charge in [0.15, 0.2) is 5.69 Å². The summed E-state index contributed by atoms with van der Waals surface area (Å²) in [5.74, 6) is 0.535. The predicted molar refractivity (Wildman–Crippen MR) is 56.5 cm³/mol. The van der Waals surface area contributed by atoms with E-state index in [0.29, 0.717) is 11.6 Å². The highest BCUT2D eigenvalue weighted by Crippen LogP contribution is 2.17. The van der Waals surface area contributed by atoms with Gasteiger partial charge in [-0.2, -0.15) is 5.26 Å². The number of pyridine rings is 1. The molecule has 0 aliphatic rings. The van der Waals surface area contributed by atoms with Crippen molar-refractivity contribution in [3.63, 3.8) is 0 Å². The zero-order valence-electron chi connectivity index (χ0n) is 8.58. The van der Waals surface area contributed by atoms with E-state index in [1.807, 2.05) is 12.1 Å². The highest BCUT2D eigenvalue weighted by molar-refractivity contribution is 5.57. The Kier molecular flexibility index (Phi) is 2.74. The largest absolute Gasteiger partial charge is 0.481 e. The van der Waals surface area contributed by atoms with Crippen LogP contribution in [0.1, 0.15) is 5.69 Å². The highest BCUT2D eigenvalue weighted by Gasteiger charge is 2.02. The summed E-state index contributed by atoms with van der Waals surface area (Å²) < 4.78 is 4.95. The van der Waals surface area contributed by atoms with Gasteiger partial charge in [-0.15, -0.1) is 0 Å². The first kappa shape index (κ1) is 10.1. The lowest BCUT2D eigenvalue weighted by molar-refractivity contribution is 0.398. The fourth-order valence-corrected chi connectivity index (χ4v) is 1.21. The average Bonchev–Trinajstić information content (AvgIpc) is 2.39. The highest BCUT2D eigenvalue weighted by atomic mass is 16.5. The molecule has 0 atom stereocenters. The molecular weight excluding hydrogens is 204 g/mol. The number of hydrogen-bond donors (Lipinski definition) is 0. The molecule has 0 spiro atoms. The van der Waals surface area contributed by atoms with Crippen LogP contribution in [0.15, 0.2) is 30.7 Å². The molecule has 0 saturated heterocycles. The summed E-state index contributed by atoms with van der Waals surface area (Å²) in [4.78, 5) is 12.1. The lowest BCUT2D eigenvalue weighted by atomic mass is 10.2. The molecule has 0 aliphatic carbocycles. The summed E-state index contributed by atoms with van der Waals surface area (Å²) in [5, 5.41) is 8.70. The average molecular weight is 212 g/mol. The van der Waals surface area contributed by atoms with Crippen LogP contribution in [0.4, 0.5) is 0 Å². The first-order valence-corrected chi connectivity index (χ1v) is 4.56. The van der Waals surface area contributed by atoms with E-state index in [-0.39, 0.29) is 5.69 Å². The predicted octanol–water partition coefficient (Wildman–Crippen LogP) is 1.42. The fraction of sp³-hybridized carbons (Fsp3) is 0.0909. The minimum Gasteiger partial charge on any atom is -0.481 e. The van der Waals surface area contributed by atoms with Gasteiger partial charge in [0.05, 0.1) is 25.2 Å². The molecule has 5 nitrogen and oxygen atoms in total. The van der Waals surface area contributed by atoms with Gasteiger partial charge in [-0.1, -0.05) is 0 Å². The molecule has 0 fully saturated rings. The zero-order chi connectivity index (χ0) is 11.4. The second-order valence-corrected chi connectivity index (χ2v) is 2.99. The maximum absolute atomic E-state index is 8.70. The summed E-state index contributed by atoms with van der Waals surface area (Å²) >= 11 is 0. The van der Waals surface area contributed by atoms with Crippen molar-refractivity contribution in [2.24, 2.45) is 0 Å². The molecule has 16 heavy (non-hydrogen) atoms. The summed E-state index contributed by atoms with van der Waals surface area (Å²) in [6, 6.07) is 5.49. The van der Waals surface area contributed by atoms with E-state index in [1.54, 1.807) is 25.6 Å². The van der Waals surface area contributed by atoms with Crippen molar-refractivity contribution in [3.8, 4) is 23.2 Å². The molecule has 0 N–H and O–H groups in total. The van der Waals surface area contributed by atoms with Gasteiger partial charge in [-0.05, 0) is 6.07 Å². The van der Waals surface area contributed by atoms with Crippen molar-refractivity contribution in [3.05, 3.63) is 36.4 Å².